The summed E-state index contributed by atoms with van der Waals surface area (Å²) in [4.78, 5) is 31.6. The molecule has 4 heterocycles. The second-order valence-electron chi connectivity index (χ2n) is 9.50. The van der Waals surface area contributed by atoms with Gasteiger partial charge in [-0.1, -0.05) is 12.0 Å². The van der Waals surface area contributed by atoms with Crippen molar-refractivity contribution in [3.8, 4) is 12.3 Å². The highest BCUT2D eigenvalue weighted by Crippen LogP contribution is 2.38. The summed E-state index contributed by atoms with van der Waals surface area (Å²) >= 11 is 0. The van der Waals surface area contributed by atoms with Crippen LogP contribution in [0.25, 0.3) is 5.57 Å². The number of hydrogen-bond donors (Lipinski definition) is 3. The van der Waals surface area contributed by atoms with Crippen LogP contribution < -0.4 is 20.9 Å². The molecule has 1 atom stereocenters. The Morgan fingerprint density at radius 2 is 2.11 bits per heavy atom. The van der Waals surface area contributed by atoms with E-state index in [1.807, 2.05) is 0 Å². The number of nitrogens with one attached hydrogen (secondary N) is 3. The summed E-state index contributed by atoms with van der Waals surface area (Å²) in [7, 11) is 0.459. The van der Waals surface area contributed by atoms with Crippen molar-refractivity contribution in [3.05, 3.63) is 57.7 Å². The number of terminal acetylenes is 1. The summed E-state index contributed by atoms with van der Waals surface area (Å²) in [5, 5.41) is 20.4. The fraction of sp³-hybridized carbons (Fsp3) is 0.440. The highest BCUT2D eigenvalue weighted by atomic mass is 32.2. The molecule has 1 fully saturated rings. The molecule has 13 heteroatoms. The van der Waals surface area contributed by atoms with E-state index in [9.17, 15) is 14.3 Å². The number of nitrogens with zero attached hydrogens (tertiary/aromatic N) is 6. The third-order valence-electron chi connectivity index (χ3n) is 7.09. The summed E-state index contributed by atoms with van der Waals surface area (Å²) in [6.45, 7) is 1.75. The summed E-state index contributed by atoms with van der Waals surface area (Å²) in [6.07, 6.45) is 15.8. The smallest absolute Gasteiger partial charge is 0.274 e. The minimum Gasteiger partial charge on any atom is -0.370 e. The first-order valence-electron chi connectivity index (χ1n) is 12.5. The van der Waals surface area contributed by atoms with E-state index in [-0.39, 0.29) is 5.54 Å². The van der Waals surface area contributed by atoms with Gasteiger partial charge in [-0.15, -0.1) is 6.42 Å². The van der Waals surface area contributed by atoms with E-state index in [2.05, 4.69) is 42.8 Å². The molecule has 1 aliphatic carbocycles. The minimum atomic E-state index is -1.17. The molecule has 3 N–H and O–H groups in total. The number of hydrogen-bond acceptors (Lipinski definition) is 11. The Hall–Kier alpha value is -4.05. The molecule has 5 rings (SSSR count). The first kappa shape index (κ1) is 25.6. The third-order valence-corrected chi connectivity index (χ3v) is 8.55. The van der Waals surface area contributed by atoms with Crippen molar-refractivity contribution in [2.45, 2.75) is 42.5 Å². The molecule has 0 bridgehead atoms. The molecule has 3 aliphatic rings. The Balaban J connectivity index is 1.36. The molecule has 12 nitrogen and oxygen atoms in total. The highest BCUT2D eigenvalue weighted by Gasteiger charge is 2.39. The van der Waals surface area contributed by atoms with Crippen LogP contribution in [0.4, 0.5) is 11.8 Å². The van der Waals surface area contributed by atoms with Crippen LogP contribution >= 0.6 is 0 Å². The Bertz CT molecular complexity index is 1360. The molecule has 2 aliphatic heterocycles. The van der Waals surface area contributed by atoms with Crippen LogP contribution in [0.2, 0.25) is 0 Å². The molecule has 38 heavy (non-hydrogen) atoms. The van der Waals surface area contributed by atoms with Crippen molar-refractivity contribution >= 4 is 28.1 Å². The van der Waals surface area contributed by atoms with Gasteiger partial charge in [-0.3, -0.25) is 14.3 Å². The average molecular weight is 536 g/mol. The fourth-order valence-corrected chi connectivity index (χ4v) is 6.11. The zero-order valence-electron chi connectivity index (χ0n) is 21.1. The van der Waals surface area contributed by atoms with Crippen molar-refractivity contribution in [1.82, 2.24) is 30.6 Å². The lowest BCUT2D eigenvalue weighted by atomic mass is 9.76. The molecule has 0 aromatic carbocycles. The van der Waals surface area contributed by atoms with Crippen LogP contribution in [0.1, 0.15) is 42.8 Å². The van der Waals surface area contributed by atoms with Crippen LogP contribution in [0, 0.1) is 22.5 Å². The zero-order valence-corrected chi connectivity index (χ0v) is 21.9. The van der Waals surface area contributed by atoms with E-state index in [1.165, 1.54) is 0 Å². The maximum Gasteiger partial charge on any atom is 0.274 e. The first-order chi connectivity index (χ1) is 18.4. The van der Waals surface area contributed by atoms with E-state index in [0.29, 0.717) is 65.7 Å². The molecular formula is C25H29N9O3S. The van der Waals surface area contributed by atoms with Crippen LogP contribution in [0.15, 0.2) is 35.4 Å². The molecule has 0 spiro atoms. The Morgan fingerprint density at radius 3 is 2.71 bits per heavy atom. The Morgan fingerprint density at radius 1 is 1.32 bits per heavy atom. The Kier molecular flexibility index (Phi) is 7.24. The van der Waals surface area contributed by atoms with Crippen molar-refractivity contribution in [2.75, 3.05) is 42.7 Å². The van der Waals surface area contributed by atoms with Gasteiger partial charge in [0.1, 0.15) is 10.7 Å². The van der Waals surface area contributed by atoms with Gasteiger partial charge in [-0.2, -0.15) is 4.98 Å². The highest BCUT2D eigenvalue weighted by molar-refractivity contribution is 7.85. The molecule has 0 amide bonds. The van der Waals surface area contributed by atoms with Gasteiger partial charge < -0.3 is 20.9 Å². The zero-order chi connectivity index (χ0) is 26.7. The van der Waals surface area contributed by atoms with Crippen LogP contribution in [0.5, 0.6) is 0 Å². The van der Waals surface area contributed by atoms with Gasteiger partial charge >= 0.3 is 0 Å². The predicted molar refractivity (Wildman–Crippen MR) is 144 cm³/mol. The minimum absolute atomic E-state index is 0.328. The van der Waals surface area contributed by atoms with E-state index < -0.39 is 15.7 Å². The number of nitro groups is 1. The summed E-state index contributed by atoms with van der Waals surface area (Å²) in [5.74, 6) is 5.24. The van der Waals surface area contributed by atoms with Gasteiger partial charge in [0.05, 0.1) is 32.5 Å². The van der Waals surface area contributed by atoms with Gasteiger partial charge in [0.2, 0.25) is 5.95 Å². The molecule has 0 saturated heterocycles. The van der Waals surface area contributed by atoms with Crippen LogP contribution in [-0.4, -0.2) is 67.0 Å². The predicted octanol–water partition coefficient (Wildman–Crippen LogP) is 1.42. The van der Waals surface area contributed by atoms with E-state index in [0.717, 1.165) is 43.2 Å². The normalized spacial score (nSPS) is 20.0. The lowest BCUT2D eigenvalue weighted by Gasteiger charge is -2.43. The molecular weight excluding hydrogens is 506 g/mol. The lowest BCUT2D eigenvalue weighted by Crippen LogP contribution is -2.53. The van der Waals surface area contributed by atoms with Gasteiger partial charge in [0.15, 0.2) is 11.6 Å². The van der Waals surface area contributed by atoms with Gasteiger partial charge in [0.25, 0.3) is 6.20 Å². The number of aromatic nitrogens is 4. The largest absolute Gasteiger partial charge is 0.370 e. The monoisotopic (exact) mass is 535 g/mol. The fourth-order valence-electron chi connectivity index (χ4n) is 4.80. The SMILES string of the molecule is C#Cc1cnc(C2=CCN(c3nc4c(c(NC5(CN/C(=C/[N+](=O)[O-])NC)CCC5)n3)[S@](=O)CC4)CC2)nc1. The molecule has 2 aromatic heterocycles. The van der Waals surface area contributed by atoms with Gasteiger partial charge in [-0.25, -0.2) is 15.0 Å². The number of anilines is 2. The summed E-state index contributed by atoms with van der Waals surface area (Å²) < 4.78 is 12.9. The Labute approximate surface area is 223 Å². The van der Waals surface area contributed by atoms with Crippen molar-refractivity contribution in [3.63, 3.8) is 0 Å². The van der Waals surface area contributed by atoms with Crippen molar-refractivity contribution in [1.29, 1.82) is 0 Å². The molecule has 0 radical (unpaired) electrons. The maximum atomic E-state index is 12.9. The standard InChI is InChI=1S/C25H29N9O3S/c1-3-17-13-27-22(28-14-17)18-5-10-33(11-6-18)24-30-19-7-12-38(37)21(19)23(31-24)32-25(8-4-9-25)16-29-20(26-2)15-34(35)36/h1,5,13-15,26,29H,4,6-12,16H2,2H3,(H,30,31,32)/b20-15+/t38-/m1/s1. The second kappa shape index (κ2) is 10.7. The van der Waals surface area contributed by atoms with Crippen molar-refractivity contribution in [2.24, 2.45) is 0 Å². The molecule has 198 valence electrons. The first-order valence-corrected chi connectivity index (χ1v) is 13.8. The maximum absolute atomic E-state index is 12.9. The quantitative estimate of drug-likeness (QED) is 0.243. The topological polar surface area (TPSA) is 151 Å². The van der Waals surface area contributed by atoms with Gasteiger partial charge in [0, 0.05) is 51.2 Å². The average Bonchev–Trinajstić information content (AvgIpc) is 3.29. The molecule has 0 unspecified atom stereocenters. The second-order valence-corrected chi connectivity index (χ2v) is 11.0. The van der Waals surface area contributed by atoms with E-state index >= 15 is 0 Å². The van der Waals surface area contributed by atoms with Crippen LogP contribution in [0.3, 0.4) is 0 Å². The van der Waals surface area contributed by atoms with Gasteiger partial charge in [-0.05, 0) is 31.3 Å². The van der Waals surface area contributed by atoms with E-state index in [4.69, 9.17) is 16.4 Å². The summed E-state index contributed by atoms with van der Waals surface area (Å²) in [5.41, 5.74) is 2.15. The van der Waals surface area contributed by atoms with Crippen LogP contribution in [-0.2, 0) is 17.2 Å². The number of fused-ring (bicyclic) bond motifs is 1. The number of aryl methyl sites for hydroxylation is 1. The lowest BCUT2D eigenvalue weighted by molar-refractivity contribution is -0.404. The third kappa shape index (κ3) is 5.31. The molecule has 2 aromatic rings. The van der Waals surface area contributed by atoms with E-state index in [1.54, 1.807) is 19.4 Å². The molecule has 1 saturated carbocycles. The van der Waals surface area contributed by atoms with Crippen molar-refractivity contribution < 1.29 is 9.13 Å². The number of rotatable bonds is 9. The summed E-state index contributed by atoms with van der Waals surface area (Å²) in [6, 6.07) is 0.